The summed E-state index contributed by atoms with van der Waals surface area (Å²) in [7, 11) is 0. The maximum absolute atomic E-state index is 13.9. The molecule has 10 heteroatoms. The quantitative estimate of drug-likeness (QED) is 0.203. The van der Waals surface area contributed by atoms with Crippen molar-refractivity contribution < 1.29 is 37.4 Å². The first-order valence-electron chi connectivity index (χ1n) is 13.4. The highest BCUT2D eigenvalue weighted by atomic mass is 19.4. The summed E-state index contributed by atoms with van der Waals surface area (Å²) in [5.74, 6) is -2.71. The highest BCUT2D eigenvalue weighted by Gasteiger charge is 2.31. The SMILES string of the molecule is O=C(O)CCNC(=O)c1ccc(CN(CC(c2ccccc2)c2ccccc2)C(=O)c2cccc(OC(F)(F)F)c2)cc1. The summed E-state index contributed by atoms with van der Waals surface area (Å²) in [6.45, 7) is 0.282. The molecule has 4 aromatic carbocycles. The average molecular weight is 591 g/mol. The summed E-state index contributed by atoms with van der Waals surface area (Å²) in [5, 5.41) is 11.3. The largest absolute Gasteiger partial charge is 0.573 e. The number of nitrogens with one attached hydrogen (secondary N) is 1. The van der Waals surface area contributed by atoms with Crippen molar-refractivity contribution in [2.75, 3.05) is 13.1 Å². The van der Waals surface area contributed by atoms with E-state index >= 15 is 0 Å². The molecule has 0 atom stereocenters. The molecular weight excluding hydrogens is 561 g/mol. The van der Waals surface area contributed by atoms with Gasteiger partial charge in [-0.25, -0.2) is 0 Å². The number of ether oxygens (including phenoxy) is 1. The summed E-state index contributed by atoms with van der Waals surface area (Å²) in [5.41, 5.74) is 2.92. The summed E-state index contributed by atoms with van der Waals surface area (Å²) < 4.78 is 42.7. The standard InChI is InChI=1S/C33H29F3N2O5/c34-33(35,36)43-28-13-7-12-27(20-28)32(42)38(21-23-14-16-26(17-15-23)31(41)37-19-18-30(39)40)22-29(24-8-3-1-4-9-24)25-10-5-2-6-11-25/h1-17,20,29H,18-19,21-22H2,(H,37,41)(H,39,40). The Morgan fingerprint density at radius 1 is 0.791 bits per heavy atom. The van der Waals surface area contributed by atoms with Gasteiger partial charge in [-0.2, -0.15) is 0 Å². The molecule has 4 rings (SSSR count). The molecule has 0 aromatic heterocycles. The molecule has 0 heterocycles. The predicted octanol–water partition coefficient (Wildman–Crippen LogP) is 6.26. The van der Waals surface area contributed by atoms with Gasteiger partial charge in [-0.15, -0.1) is 13.2 Å². The van der Waals surface area contributed by atoms with Crippen LogP contribution in [0.2, 0.25) is 0 Å². The Labute approximate surface area is 246 Å². The third-order valence-electron chi connectivity index (χ3n) is 6.62. The smallest absolute Gasteiger partial charge is 0.481 e. The monoisotopic (exact) mass is 590 g/mol. The van der Waals surface area contributed by atoms with Crippen LogP contribution in [-0.2, 0) is 11.3 Å². The van der Waals surface area contributed by atoms with E-state index in [9.17, 15) is 27.6 Å². The van der Waals surface area contributed by atoms with E-state index in [1.54, 1.807) is 29.2 Å². The van der Waals surface area contributed by atoms with Crippen LogP contribution in [0.3, 0.4) is 0 Å². The Kier molecular flexibility index (Phi) is 10.2. The Morgan fingerprint density at radius 2 is 1.40 bits per heavy atom. The van der Waals surface area contributed by atoms with Gasteiger partial charge >= 0.3 is 12.3 Å². The van der Waals surface area contributed by atoms with E-state index in [-0.39, 0.29) is 37.5 Å². The van der Waals surface area contributed by atoms with E-state index in [1.165, 1.54) is 12.1 Å². The zero-order valence-electron chi connectivity index (χ0n) is 23.0. The fraction of sp³-hybridized carbons (Fsp3) is 0.182. The van der Waals surface area contributed by atoms with Crippen LogP contribution in [0.15, 0.2) is 109 Å². The molecule has 0 aliphatic rings. The maximum atomic E-state index is 13.9. The number of rotatable bonds is 12. The summed E-state index contributed by atoms with van der Waals surface area (Å²) in [4.78, 5) is 38.5. The number of nitrogens with zero attached hydrogens (tertiary/aromatic N) is 1. The third-order valence-corrected chi connectivity index (χ3v) is 6.62. The minimum Gasteiger partial charge on any atom is -0.481 e. The van der Waals surface area contributed by atoms with Crippen LogP contribution in [0.1, 0.15) is 49.7 Å². The van der Waals surface area contributed by atoms with Crippen molar-refractivity contribution in [3.05, 3.63) is 137 Å². The van der Waals surface area contributed by atoms with Crippen molar-refractivity contribution in [2.45, 2.75) is 25.2 Å². The van der Waals surface area contributed by atoms with Crippen LogP contribution in [-0.4, -0.2) is 47.2 Å². The van der Waals surface area contributed by atoms with Crippen LogP contribution >= 0.6 is 0 Å². The number of aliphatic carboxylic acids is 1. The van der Waals surface area contributed by atoms with Crippen molar-refractivity contribution >= 4 is 17.8 Å². The first kappa shape index (κ1) is 30.8. The second kappa shape index (κ2) is 14.2. The molecule has 7 nitrogen and oxygen atoms in total. The van der Waals surface area contributed by atoms with E-state index in [1.807, 2.05) is 60.7 Å². The van der Waals surface area contributed by atoms with Crippen LogP contribution in [0.25, 0.3) is 0 Å². The molecule has 2 N–H and O–H groups in total. The molecule has 0 bridgehead atoms. The molecule has 2 amide bonds. The van der Waals surface area contributed by atoms with Gasteiger partial charge < -0.3 is 20.1 Å². The minimum atomic E-state index is -4.91. The normalized spacial score (nSPS) is 11.2. The fourth-order valence-electron chi connectivity index (χ4n) is 4.59. The molecule has 0 spiro atoms. The number of amides is 2. The molecule has 0 aliphatic heterocycles. The molecular formula is C33H29F3N2O5. The number of alkyl halides is 3. The molecule has 0 fully saturated rings. The van der Waals surface area contributed by atoms with E-state index in [2.05, 4.69) is 10.1 Å². The Morgan fingerprint density at radius 3 is 1.95 bits per heavy atom. The van der Waals surface area contributed by atoms with Gasteiger partial charge in [-0.1, -0.05) is 78.9 Å². The second-order valence-electron chi connectivity index (χ2n) is 9.73. The molecule has 0 aliphatic carbocycles. The summed E-state index contributed by atoms with van der Waals surface area (Å²) in [6.07, 6.45) is -5.12. The Balaban J connectivity index is 1.64. The van der Waals surface area contributed by atoms with Gasteiger partial charge in [0.15, 0.2) is 0 Å². The van der Waals surface area contributed by atoms with Gasteiger partial charge in [0.05, 0.1) is 6.42 Å². The van der Waals surface area contributed by atoms with Crippen molar-refractivity contribution in [1.29, 1.82) is 0 Å². The topological polar surface area (TPSA) is 95.9 Å². The first-order valence-corrected chi connectivity index (χ1v) is 13.4. The number of benzene rings is 4. The van der Waals surface area contributed by atoms with Crippen molar-refractivity contribution in [3.63, 3.8) is 0 Å². The number of carboxylic acid groups (broad SMARTS) is 1. The van der Waals surface area contributed by atoms with Crippen LogP contribution in [0, 0.1) is 0 Å². The fourth-order valence-corrected chi connectivity index (χ4v) is 4.59. The molecule has 0 saturated heterocycles. The van der Waals surface area contributed by atoms with Gasteiger partial charge in [-0.3, -0.25) is 14.4 Å². The van der Waals surface area contributed by atoms with Crippen molar-refractivity contribution in [3.8, 4) is 5.75 Å². The van der Waals surface area contributed by atoms with Crippen LogP contribution in [0.5, 0.6) is 5.75 Å². The lowest BCUT2D eigenvalue weighted by molar-refractivity contribution is -0.274. The number of carbonyl (C=O) groups is 3. The van der Waals surface area contributed by atoms with Crippen LogP contribution < -0.4 is 10.1 Å². The first-order chi connectivity index (χ1) is 20.6. The minimum absolute atomic E-state index is 0.0182. The Hall–Kier alpha value is -5.12. The van der Waals surface area contributed by atoms with Gasteiger partial charge in [0.1, 0.15) is 5.75 Å². The Bertz CT molecular complexity index is 1490. The highest BCUT2D eigenvalue weighted by molar-refractivity contribution is 5.95. The zero-order valence-corrected chi connectivity index (χ0v) is 23.0. The summed E-state index contributed by atoms with van der Waals surface area (Å²) in [6, 6.07) is 30.6. The molecule has 0 radical (unpaired) electrons. The van der Waals surface area contributed by atoms with Gasteiger partial charge in [0.2, 0.25) is 0 Å². The lowest BCUT2D eigenvalue weighted by Crippen LogP contribution is -2.35. The van der Waals surface area contributed by atoms with Gasteiger partial charge in [0, 0.05) is 36.7 Å². The number of carbonyl (C=O) groups excluding carboxylic acids is 2. The number of carboxylic acids is 1. The molecule has 4 aromatic rings. The van der Waals surface area contributed by atoms with E-state index in [0.29, 0.717) is 11.1 Å². The van der Waals surface area contributed by atoms with Gasteiger partial charge in [-0.05, 0) is 47.0 Å². The third kappa shape index (κ3) is 9.19. The van der Waals surface area contributed by atoms with E-state index in [0.717, 1.165) is 23.3 Å². The average Bonchev–Trinajstić information content (AvgIpc) is 2.99. The molecule has 43 heavy (non-hydrogen) atoms. The lowest BCUT2D eigenvalue weighted by atomic mass is 9.90. The summed E-state index contributed by atoms with van der Waals surface area (Å²) >= 11 is 0. The predicted molar refractivity (Wildman–Crippen MR) is 154 cm³/mol. The molecule has 0 saturated carbocycles. The van der Waals surface area contributed by atoms with Crippen molar-refractivity contribution in [1.82, 2.24) is 10.2 Å². The molecule has 222 valence electrons. The van der Waals surface area contributed by atoms with E-state index in [4.69, 9.17) is 5.11 Å². The van der Waals surface area contributed by atoms with Crippen LogP contribution in [0.4, 0.5) is 13.2 Å². The molecule has 0 unspecified atom stereocenters. The zero-order chi connectivity index (χ0) is 30.8. The van der Waals surface area contributed by atoms with Crippen molar-refractivity contribution in [2.24, 2.45) is 0 Å². The number of halogens is 3. The van der Waals surface area contributed by atoms with E-state index < -0.39 is 29.9 Å². The number of hydrogen-bond donors (Lipinski definition) is 2. The van der Waals surface area contributed by atoms with Gasteiger partial charge in [0.25, 0.3) is 11.8 Å². The number of hydrogen-bond acceptors (Lipinski definition) is 4. The second-order valence-corrected chi connectivity index (χ2v) is 9.73. The highest BCUT2D eigenvalue weighted by Crippen LogP contribution is 2.29. The lowest BCUT2D eigenvalue weighted by Gasteiger charge is -2.29. The maximum Gasteiger partial charge on any atom is 0.573 e.